The van der Waals surface area contributed by atoms with Crippen LogP contribution < -0.4 is 4.89 Å². The number of allylic oxidation sites excluding steroid dienone is 1. The summed E-state index contributed by atoms with van der Waals surface area (Å²) < 4.78 is 22.5. The van der Waals surface area contributed by atoms with Gasteiger partial charge < -0.3 is 28.6 Å². The molecule has 0 rings (SSSR count). The largest absolute Gasteiger partial charge is 0.756 e. The first kappa shape index (κ1) is 33.7. The predicted octanol–water partition coefficient (Wildman–Crippen LogP) is 5.34. The highest BCUT2D eigenvalue weighted by Gasteiger charge is 2.23. The van der Waals surface area contributed by atoms with Crippen molar-refractivity contribution in [1.29, 1.82) is 0 Å². The summed E-state index contributed by atoms with van der Waals surface area (Å²) in [5.41, 5.74) is 0. The van der Waals surface area contributed by atoms with E-state index in [0.717, 1.165) is 12.8 Å². The maximum atomic E-state index is 12.1. The van der Waals surface area contributed by atoms with E-state index in [9.17, 15) is 14.6 Å². The fourth-order valence-electron chi connectivity index (χ4n) is 3.80. The number of nitrogens with zero attached hydrogens (tertiary/aromatic N) is 1. The summed E-state index contributed by atoms with van der Waals surface area (Å²) in [6.45, 7) is 1.64. The molecule has 2 N–H and O–H groups in total. The number of aliphatic hydroxyl groups excluding tert-OH is 2. The average Bonchev–Trinajstić information content (AvgIpc) is 2.75. The van der Waals surface area contributed by atoms with Crippen LogP contribution in [0.4, 0.5) is 0 Å². The van der Waals surface area contributed by atoms with Gasteiger partial charge in [0.15, 0.2) is 0 Å². The van der Waals surface area contributed by atoms with Gasteiger partial charge in [-0.25, -0.2) is 0 Å². The summed E-state index contributed by atoms with van der Waals surface area (Å²) in [7, 11) is 1.31. The number of phosphoric ester groups is 1. The van der Waals surface area contributed by atoms with Gasteiger partial charge in [0.1, 0.15) is 18.8 Å². The van der Waals surface area contributed by atoms with Crippen LogP contribution in [0.2, 0.25) is 0 Å². The molecule has 0 saturated carbocycles. The van der Waals surface area contributed by atoms with Crippen molar-refractivity contribution in [2.45, 2.75) is 115 Å². The number of likely N-dealkylation sites (N-methyl/N-ethyl adjacent to an activating group) is 1. The number of hydrogen-bond donors (Lipinski definition) is 2. The topological polar surface area (TPSA) is 99.1 Å². The van der Waals surface area contributed by atoms with Crippen molar-refractivity contribution in [2.24, 2.45) is 0 Å². The van der Waals surface area contributed by atoms with E-state index in [-0.39, 0.29) is 0 Å². The Labute approximate surface area is 209 Å². The number of rotatable bonds is 24. The van der Waals surface area contributed by atoms with Crippen LogP contribution in [-0.4, -0.2) is 67.8 Å². The Bertz CT molecular complexity index is 538. The highest BCUT2D eigenvalue weighted by atomic mass is 31.2. The van der Waals surface area contributed by atoms with Crippen molar-refractivity contribution >= 4 is 7.82 Å². The van der Waals surface area contributed by atoms with Crippen molar-refractivity contribution in [2.75, 3.05) is 40.9 Å². The summed E-state index contributed by atoms with van der Waals surface area (Å²) in [6, 6.07) is 0. The van der Waals surface area contributed by atoms with Gasteiger partial charge >= 0.3 is 0 Å². The lowest BCUT2D eigenvalue weighted by Crippen LogP contribution is -2.42. The Morgan fingerprint density at radius 2 is 1.35 bits per heavy atom. The van der Waals surface area contributed by atoms with E-state index in [1.807, 2.05) is 27.2 Å². The van der Waals surface area contributed by atoms with E-state index in [4.69, 9.17) is 9.63 Å². The summed E-state index contributed by atoms with van der Waals surface area (Å²) >= 11 is 0. The molecule has 0 aromatic heterocycles. The summed E-state index contributed by atoms with van der Waals surface area (Å²) in [5, 5.41) is 18.1. The molecule has 0 fully saturated rings. The monoisotopic (exact) mass is 507 g/mol. The summed E-state index contributed by atoms with van der Waals surface area (Å²) in [4.78, 5) is 12.1. The van der Waals surface area contributed by atoms with Crippen molar-refractivity contribution in [1.82, 2.24) is 0 Å². The molecule has 7 nitrogen and oxygen atoms in total. The second-order valence-electron chi connectivity index (χ2n) is 10.5. The molecule has 0 saturated heterocycles. The van der Waals surface area contributed by atoms with Crippen LogP contribution in [-0.2, 0) is 13.6 Å². The maximum absolute atomic E-state index is 12.1. The molecule has 34 heavy (non-hydrogen) atoms. The number of hydrogen-bond acceptors (Lipinski definition) is 6. The average molecular weight is 508 g/mol. The molecule has 204 valence electrons. The van der Waals surface area contributed by atoms with Crippen LogP contribution in [0.1, 0.15) is 103 Å². The third-order valence-electron chi connectivity index (χ3n) is 5.70. The first-order valence-corrected chi connectivity index (χ1v) is 15.0. The fourth-order valence-corrected chi connectivity index (χ4v) is 4.68. The zero-order valence-corrected chi connectivity index (χ0v) is 23.4. The molecule has 0 aromatic carbocycles. The molecule has 3 atom stereocenters. The highest BCUT2D eigenvalue weighted by molar-refractivity contribution is 7.45. The number of unbranched alkanes of at least 4 members (excludes halogenated alkanes) is 14. The van der Waals surface area contributed by atoms with E-state index in [2.05, 4.69) is 11.4 Å². The second kappa shape index (κ2) is 20.9. The quantitative estimate of drug-likeness (QED) is 0.0791. The number of quaternary nitrogens is 1. The van der Waals surface area contributed by atoms with Gasteiger partial charge in [-0.3, -0.25) is 4.57 Å². The van der Waals surface area contributed by atoms with E-state index in [1.54, 1.807) is 6.08 Å². The Kier molecular flexibility index (Phi) is 20.7. The lowest BCUT2D eigenvalue weighted by Gasteiger charge is -2.32. The standard InChI is InChI=1S/C26H54NO6P/c1-5-6-7-8-9-10-11-12-13-14-15-16-17-18-19-20-21-26(22-27(2,3)4)33-34(30,31)32-24-25(29)23-28/h20-21,25-26,28-29H,5-19,22-24H2,1-4H3/t25-,26?/m1/s1. The third kappa shape index (κ3) is 23.5. The molecule has 0 heterocycles. The van der Waals surface area contributed by atoms with Gasteiger partial charge in [-0.1, -0.05) is 103 Å². The Hall–Kier alpha value is -0.270. The zero-order chi connectivity index (χ0) is 25.7. The minimum absolute atomic E-state index is 0.466. The van der Waals surface area contributed by atoms with Gasteiger partial charge in [-0.2, -0.15) is 0 Å². The molecule has 0 radical (unpaired) electrons. The molecule has 0 aliphatic rings. The first-order valence-electron chi connectivity index (χ1n) is 13.5. The minimum Gasteiger partial charge on any atom is -0.756 e. The normalized spacial score (nSPS) is 16.1. The van der Waals surface area contributed by atoms with Crippen molar-refractivity contribution in [3.63, 3.8) is 0 Å². The third-order valence-corrected chi connectivity index (χ3v) is 6.70. The van der Waals surface area contributed by atoms with Gasteiger partial charge in [0, 0.05) is 0 Å². The van der Waals surface area contributed by atoms with Crippen molar-refractivity contribution < 1.29 is 33.2 Å². The Morgan fingerprint density at radius 1 is 0.882 bits per heavy atom. The van der Waals surface area contributed by atoms with Crippen molar-refractivity contribution in [3.05, 3.63) is 12.2 Å². The van der Waals surface area contributed by atoms with Crippen molar-refractivity contribution in [3.8, 4) is 0 Å². The molecule has 0 amide bonds. The first-order chi connectivity index (χ1) is 16.1. The maximum Gasteiger partial charge on any atom is 0.268 e. The van der Waals surface area contributed by atoms with Crippen LogP contribution in [0.3, 0.4) is 0 Å². The zero-order valence-electron chi connectivity index (χ0n) is 22.5. The molecule has 0 spiro atoms. The fraction of sp³-hybridized carbons (Fsp3) is 0.923. The van der Waals surface area contributed by atoms with Crippen LogP contribution in [0.15, 0.2) is 12.2 Å². The highest BCUT2D eigenvalue weighted by Crippen LogP contribution is 2.40. The molecular weight excluding hydrogens is 453 g/mol. The smallest absolute Gasteiger partial charge is 0.268 e. The molecule has 8 heteroatoms. The van der Waals surface area contributed by atoms with Gasteiger partial charge in [0.05, 0.1) is 34.4 Å². The lowest BCUT2D eigenvalue weighted by atomic mass is 10.0. The minimum atomic E-state index is -4.58. The summed E-state index contributed by atoms with van der Waals surface area (Å²) in [5.74, 6) is 0. The van der Waals surface area contributed by atoms with Crippen LogP contribution in [0.25, 0.3) is 0 Å². The van der Waals surface area contributed by atoms with Crippen LogP contribution >= 0.6 is 7.82 Å². The number of phosphoric acid groups is 1. The van der Waals surface area contributed by atoms with Crippen LogP contribution in [0.5, 0.6) is 0 Å². The molecule has 0 aliphatic heterocycles. The van der Waals surface area contributed by atoms with E-state index < -0.39 is 33.2 Å². The van der Waals surface area contributed by atoms with Gasteiger partial charge in [0.2, 0.25) is 0 Å². The SMILES string of the molecule is CCCCCCCCCCCCCCCCC=CC(C[N+](C)(C)C)OP(=O)([O-])OC[C@H](O)CO. The molecular formula is C26H54NO6P. The Morgan fingerprint density at radius 3 is 1.79 bits per heavy atom. The van der Waals surface area contributed by atoms with E-state index in [1.165, 1.54) is 83.5 Å². The van der Waals surface area contributed by atoms with E-state index in [0.29, 0.717) is 11.0 Å². The second-order valence-corrected chi connectivity index (χ2v) is 11.9. The molecule has 0 aliphatic carbocycles. The molecule has 2 unspecified atom stereocenters. The summed E-state index contributed by atoms with van der Waals surface area (Å²) in [6.07, 6.45) is 21.4. The molecule has 0 bridgehead atoms. The number of aliphatic hydroxyl groups is 2. The molecule has 0 aromatic rings. The van der Waals surface area contributed by atoms with Crippen LogP contribution in [0, 0.1) is 0 Å². The predicted molar refractivity (Wildman–Crippen MR) is 138 cm³/mol. The Balaban J connectivity index is 3.98. The van der Waals surface area contributed by atoms with Gasteiger partial charge in [-0.15, -0.1) is 0 Å². The van der Waals surface area contributed by atoms with E-state index >= 15 is 0 Å². The lowest BCUT2D eigenvalue weighted by molar-refractivity contribution is -0.872. The van der Waals surface area contributed by atoms with Gasteiger partial charge in [0.25, 0.3) is 7.82 Å². The van der Waals surface area contributed by atoms with Gasteiger partial charge in [-0.05, 0) is 12.8 Å².